The van der Waals surface area contributed by atoms with E-state index in [2.05, 4.69) is 11.9 Å². The number of rotatable bonds is 14. The van der Waals surface area contributed by atoms with E-state index in [4.69, 9.17) is 9.47 Å². The topological polar surface area (TPSA) is 47.9 Å². The molecule has 26 heavy (non-hydrogen) atoms. The van der Waals surface area contributed by atoms with Crippen LogP contribution in [0.3, 0.4) is 0 Å². The fraction of sp³-hybridized carbons (Fsp3) is 0.636. The average Bonchev–Trinajstić information content (AvgIpc) is 2.66. The van der Waals surface area contributed by atoms with Gasteiger partial charge in [-0.25, -0.2) is 4.79 Å². The van der Waals surface area contributed by atoms with E-state index in [1.165, 1.54) is 44.9 Å². The average molecular weight is 362 g/mol. The summed E-state index contributed by atoms with van der Waals surface area (Å²) in [5.74, 6) is 0.425. The zero-order valence-corrected chi connectivity index (χ0v) is 16.8. The van der Waals surface area contributed by atoms with Gasteiger partial charge in [-0.1, -0.05) is 51.9 Å². The molecule has 1 aromatic rings. The molecule has 0 aliphatic heterocycles. The third kappa shape index (κ3) is 10.2. The van der Waals surface area contributed by atoms with Crippen LogP contribution in [0.15, 0.2) is 29.3 Å². The van der Waals surface area contributed by atoms with Crippen LogP contribution < -0.4 is 4.74 Å². The monoisotopic (exact) mass is 361 g/mol. The van der Waals surface area contributed by atoms with Gasteiger partial charge in [0.25, 0.3) is 0 Å². The molecule has 0 fully saturated rings. The molecule has 0 saturated heterocycles. The number of hydrogen-bond donors (Lipinski definition) is 0. The maximum absolute atomic E-state index is 11.9. The Labute approximate surface area is 159 Å². The van der Waals surface area contributed by atoms with Gasteiger partial charge in [0.1, 0.15) is 5.75 Å². The summed E-state index contributed by atoms with van der Waals surface area (Å²) in [6, 6.07) is 6.94. The van der Waals surface area contributed by atoms with Crippen molar-refractivity contribution >= 4 is 11.7 Å². The molecule has 0 radical (unpaired) electrons. The van der Waals surface area contributed by atoms with Gasteiger partial charge in [-0.2, -0.15) is 0 Å². The Morgan fingerprint density at radius 3 is 2.19 bits per heavy atom. The number of benzene rings is 1. The third-order valence-electron chi connectivity index (χ3n) is 4.42. The molecule has 1 rings (SSSR count). The standard InChI is InChI=1S/C22H35NO3/c1-4-5-6-7-8-9-10-11-17-23-19(2)16-18-26-22(24)20-12-14-21(25-3)15-13-20/h12-15H,4-11,16-18H2,1-3H3. The van der Waals surface area contributed by atoms with Crippen molar-refractivity contribution in [1.82, 2.24) is 0 Å². The Morgan fingerprint density at radius 2 is 1.58 bits per heavy atom. The molecule has 0 bridgehead atoms. The zero-order valence-electron chi connectivity index (χ0n) is 16.8. The van der Waals surface area contributed by atoms with Gasteiger partial charge in [0.2, 0.25) is 0 Å². The zero-order chi connectivity index (χ0) is 19.0. The van der Waals surface area contributed by atoms with Crippen molar-refractivity contribution < 1.29 is 14.3 Å². The molecule has 0 atom stereocenters. The minimum Gasteiger partial charge on any atom is -0.497 e. The molecule has 0 aliphatic rings. The quantitative estimate of drug-likeness (QED) is 0.237. The van der Waals surface area contributed by atoms with Crippen molar-refractivity contribution in [3.63, 3.8) is 0 Å². The fourth-order valence-electron chi connectivity index (χ4n) is 2.70. The Balaban J connectivity index is 2.08. The number of carbonyl (C=O) groups excluding carboxylic acids is 1. The van der Waals surface area contributed by atoms with Crippen molar-refractivity contribution in [2.24, 2.45) is 4.99 Å². The highest BCUT2D eigenvalue weighted by molar-refractivity contribution is 5.90. The summed E-state index contributed by atoms with van der Waals surface area (Å²) in [6.07, 6.45) is 11.2. The normalized spacial score (nSPS) is 11.4. The third-order valence-corrected chi connectivity index (χ3v) is 4.42. The van der Waals surface area contributed by atoms with Gasteiger partial charge in [-0.3, -0.25) is 4.99 Å². The van der Waals surface area contributed by atoms with Crippen LogP contribution in [0.5, 0.6) is 5.75 Å². The van der Waals surface area contributed by atoms with E-state index in [-0.39, 0.29) is 5.97 Å². The lowest BCUT2D eigenvalue weighted by atomic mass is 10.1. The Hall–Kier alpha value is -1.84. The molecule has 0 heterocycles. The first kappa shape index (κ1) is 22.2. The highest BCUT2D eigenvalue weighted by Gasteiger charge is 2.07. The van der Waals surface area contributed by atoms with Gasteiger partial charge in [0.05, 0.1) is 19.3 Å². The first-order chi connectivity index (χ1) is 12.7. The van der Waals surface area contributed by atoms with Gasteiger partial charge in [0, 0.05) is 18.7 Å². The summed E-state index contributed by atoms with van der Waals surface area (Å²) in [5.41, 5.74) is 1.59. The molecular formula is C22H35NO3. The van der Waals surface area contributed by atoms with E-state index < -0.39 is 0 Å². The first-order valence-electron chi connectivity index (χ1n) is 9.98. The van der Waals surface area contributed by atoms with Gasteiger partial charge < -0.3 is 9.47 Å². The molecule has 4 nitrogen and oxygen atoms in total. The molecule has 0 spiro atoms. The summed E-state index contributed by atoms with van der Waals surface area (Å²) in [6.45, 7) is 5.51. The minimum absolute atomic E-state index is 0.302. The molecule has 1 aromatic carbocycles. The minimum atomic E-state index is -0.302. The number of esters is 1. The molecule has 0 N–H and O–H groups in total. The molecule has 0 aromatic heterocycles. The van der Waals surface area contributed by atoms with Crippen LogP contribution in [0.25, 0.3) is 0 Å². The number of carbonyl (C=O) groups is 1. The van der Waals surface area contributed by atoms with E-state index in [0.29, 0.717) is 18.6 Å². The van der Waals surface area contributed by atoms with Crippen LogP contribution in [0.4, 0.5) is 0 Å². The molecule has 0 saturated carbocycles. The van der Waals surface area contributed by atoms with Crippen LogP contribution in [0, 0.1) is 0 Å². The highest BCUT2D eigenvalue weighted by Crippen LogP contribution is 2.12. The van der Waals surface area contributed by atoms with Gasteiger partial charge in [-0.15, -0.1) is 0 Å². The van der Waals surface area contributed by atoms with Crippen molar-refractivity contribution in [3.8, 4) is 5.75 Å². The smallest absolute Gasteiger partial charge is 0.338 e. The van der Waals surface area contributed by atoms with Crippen LogP contribution in [0.1, 0.15) is 82.0 Å². The molecule has 0 amide bonds. The van der Waals surface area contributed by atoms with E-state index in [1.807, 2.05) is 6.92 Å². The van der Waals surface area contributed by atoms with Crippen molar-refractivity contribution in [2.45, 2.75) is 71.6 Å². The van der Waals surface area contributed by atoms with Crippen molar-refractivity contribution in [2.75, 3.05) is 20.3 Å². The van der Waals surface area contributed by atoms with Crippen molar-refractivity contribution in [1.29, 1.82) is 0 Å². The number of ether oxygens (including phenoxy) is 2. The number of hydrogen-bond acceptors (Lipinski definition) is 4. The predicted octanol–water partition coefficient (Wildman–Crippen LogP) is 5.84. The van der Waals surface area contributed by atoms with Crippen molar-refractivity contribution in [3.05, 3.63) is 29.8 Å². The molecule has 0 unspecified atom stereocenters. The SMILES string of the molecule is CCCCCCCCCCN=C(C)CCOC(=O)c1ccc(OC)cc1. The number of nitrogens with zero attached hydrogens (tertiary/aromatic N) is 1. The van der Waals surface area contributed by atoms with Gasteiger partial charge >= 0.3 is 5.97 Å². The van der Waals surface area contributed by atoms with E-state index in [1.54, 1.807) is 31.4 Å². The number of unbranched alkanes of at least 4 members (excludes halogenated alkanes) is 7. The number of aliphatic imine (C=N–C) groups is 1. The van der Waals surface area contributed by atoms with Gasteiger partial charge in [0.15, 0.2) is 0 Å². The molecule has 4 heteroatoms. The summed E-state index contributed by atoms with van der Waals surface area (Å²) < 4.78 is 10.4. The Morgan fingerprint density at radius 1 is 0.962 bits per heavy atom. The lowest BCUT2D eigenvalue weighted by Gasteiger charge is -2.06. The largest absolute Gasteiger partial charge is 0.497 e. The Kier molecular flexibility index (Phi) is 12.2. The second-order valence-electron chi connectivity index (χ2n) is 6.71. The molecule has 0 aliphatic carbocycles. The molecule has 146 valence electrons. The summed E-state index contributed by atoms with van der Waals surface area (Å²) in [7, 11) is 1.60. The van der Waals surface area contributed by atoms with Crippen LogP contribution in [0.2, 0.25) is 0 Å². The summed E-state index contributed by atoms with van der Waals surface area (Å²) in [5, 5.41) is 0. The maximum Gasteiger partial charge on any atom is 0.338 e. The van der Waals surface area contributed by atoms with Crippen LogP contribution in [-0.4, -0.2) is 31.9 Å². The maximum atomic E-state index is 11.9. The highest BCUT2D eigenvalue weighted by atomic mass is 16.5. The number of methoxy groups -OCH3 is 1. The fourth-order valence-corrected chi connectivity index (χ4v) is 2.70. The lowest BCUT2D eigenvalue weighted by Crippen LogP contribution is -2.09. The van der Waals surface area contributed by atoms with E-state index in [0.717, 1.165) is 24.4 Å². The lowest BCUT2D eigenvalue weighted by molar-refractivity contribution is 0.0515. The van der Waals surface area contributed by atoms with Gasteiger partial charge in [-0.05, 0) is 37.6 Å². The summed E-state index contributed by atoms with van der Waals surface area (Å²) >= 11 is 0. The Bertz CT molecular complexity index is 523. The predicted molar refractivity (Wildman–Crippen MR) is 108 cm³/mol. The van der Waals surface area contributed by atoms with E-state index >= 15 is 0 Å². The molecular weight excluding hydrogens is 326 g/mol. The second kappa shape index (κ2) is 14.3. The first-order valence-corrected chi connectivity index (χ1v) is 9.98. The summed E-state index contributed by atoms with van der Waals surface area (Å²) in [4.78, 5) is 16.5. The van der Waals surface area contributed by atoms with Crippen LogP contribution >= 0.6 is 0 Å². The second-order valence-corrected chi connectivity index (χ2v) is 6.71. The van der Waals surface area contributed by atoms with E-state index in [9.17, 15) is 4.79 Å². The van der Waals surface area contributed by atoms with Crippen LogP contribution in [-0.2, 0) is 4.74 Å².